The summed E-state index contributed by atoms with van der Waals surface area (Å²) in [5, 5.41) is 12.5. The molecule has 0 bridgehead atoms. The van der Waals surface area contributed by atoms with Gasteiger partial charge in [-0.1, -0.05) is 23.9 Å². The molecule has 0 radical (unpaired) electrons. The first-order valence-electron chi connectivity index (χ1n) is 9.88. The molecule has 0 atom stereocenters. The summed E-state index contributed by atoms with van der Waals surface area (Å²) in [7, 11) is 3.47. The number of nitrogens with two attached hydrogens (primary N) is 1. The average Bonchev–Trinajstić information content (AvgIpc) is 3.32. The second-order valence-electron chi connectivity index (χ2n) is 7.21. The number of nitrogens with zero attached hydrogens (tertiary/aromatic N) is 3. The lowest BCUT2D eigenvalue weighted by Gasteiger charge is -2.11. The SMILES string of the molecule is COc1cccc(-c2nnc(SCC(=O)Nc3sc4c(c3C(N)=O)CCCC4)n2C)c1. The van der Waals surface area contributed by atoms with E-state index in [1.807, 2.05) is 35.9 Å². The monoisotopic (exact) mass is 457 g/mol. The van der Waals surface area contributed by atoms with Crippen LogP contribution in [0, 0.1) is 0 Å². The van der Waals surface area contributed by atoms with Gasteiger partial charge in [0.2, 0.25) is 5.91 Å². The van der Waals surface area contributed by atoms with Crippen molar-refractivity contribution in [3.63, 3.8) is 0 Å². The number of aryl methyl sites for hydroxylation is 1. The van der Waals surface area contributed by atoms with Crippen LogP contribution in [-0.2, 0) is 24.7 Å². The number of hydrogen-bond donors (Lipinski definition) is 2. The zero-order chi connectivity index (χ0) is 22.0. The highest BCUT2D eigenvalue weighted by Crippen LogP contribution is 2.38. The average molecular weight is 458 g/mol. The van der Waals surface area contributed by atoms with E-state index in [2.05, 4.69) is 15.5 Å². The molecule has 4 rings (SSSR count). The molecule has 3 aromatic rings. The van der Waals surface area contributed by atoms with Gasteiger partial charge >= 0.3 is 0 Å². The molecule has 3 N–H and O–H groups in total. The molecular weight excluding hydrogens is 434 g/mol. The number of fused-ring (bicyclic) bond motifs is 1. The summed E-state index contributed by atoms with van der Waals surface area (Å²) in [6, 6.07) is 7.56. The Morgan fingerprint density at radius 2 is 2.10 bits per heavy atom. The molecule has 8 nitrogen and oxygen atoms in total. The van der Waals surface area contributed by atoms with Crippen LogP contribution >= 0.6 is 23.1 Å². The van der Waals surface area contributed by atoms with E-state index in [4.69, 9.17) is 10.5 Å². The molecular formula is C21H23N5O3S2. The standard InChI is InChI=1S/C21H23N5O3S2/c1-26-19(12-6-5-7-13(10-12)29-2)24-25-21(26)30-11-16(27)23-20-17(18(22)28)14-8-3-4-9-15(14)31-20/h5-7,10H,3-4,8-9,11H2,1-2H3,(H2,22,28)(H,23,27). The van der Waals surface area contributed by atoms with Gasteiger partial charge in [-0.25, -0.2) is 0 Å². The third kappa shape index (κ3) is 4.45. The Morgan fingerprint density at radius 1 is 1.29 bits per heavy atom. The Labute approximate surface area is 188 Å². The van der Waals surface area contributed by atoms with Crippen molar-refractivity contribution in [2.24, 2.45) is 12.8 Å². The van der Waals surface area contributed by atoms with Gasteiger partial charge in [0, 0.05) is 17.5 Å². The highest BCUT2D eigenvalue weighted by Gasteiger charge is 2.25. The third-order valence-corrected chi connectivity index (χ3v) is 7.39. The minimum Gasteiger partial charge on any atom is -0.497 e. The van der Waals surface area contributed by atoms with E-state index in [1.165, 1.54) is 23.1 Å². The molecule has 0 fully saturated rings. The lowest BCUT2D eigenvalue weighted by atomic mass is 9.95. The molecule has 2 aromatic heterocycles. The van der Waals surface area contributed by atoms with Crippen LogP contribution in [0.3, 0.4) is 0 Å². The highest BCUT2D eigenvalue weighted by atomic mass is 32.2. The molecule has 0 spiro atoms. The Hall–Kier alpha value is -2.85. The molecule has 1 aliphatic rings. The number of nitrogens with one attached hydrogen (secondary N) is 1. The number of thiophene rings is 1. The minimum atomic E-state index is -0.487. The van der Waals surface area contributed by atoms with Gasteiger partial charge in [0.05, 0.1) is 18.4 Å². The normalized spacial score (nSPS) is 13.0. The molecule has 0 unspecified atom stereocenters. The molecule has 0 aliphatic heterocycles. The summed E-state index contributed by atoms with van der Waals surface area (Å²) >= 11 is 2.74. The first kappa shape index (κ1) is 21.4. The second kappa shape index (κ2) is 9.11. The zero-order valence-electron chi connectivity index (χ0n) is 17.3. The number of carbonyl (C=O) groups is 2. The quantitative estimate of drug-likeness (QED) is 0.527. The van der Waals surface area contributed by atoms with Crippen LogP contribution in [0.2, 0.25) is 0 Å². The molecule has 0 saturated heterocycles. The lowest BCUT2D eigenvalue weighted by Crippen LogP contribution is -2.19. The fourth-order valence-electron chi connectivity index (χ4n) is 3.66. The number of thioether (sulfide) groups is 1. The van der Waals surface area contributed by atoms with Crippen molar-refractivity contribution >= 4 is 39.9 Å². The molecule has 2 heterocycles. The van der Waals surface area contributed by atoms with Gasteiger partial charge in [-0.05, 0) is 43.4 Å². The molecule has 2 amide bonds. The number of aromatic nitrogens is 3. The summed E-state index contributed by atoms with van der Waals surface area (Å²) in [5.41, 5.74) is 7.95. The van der Waals surface area contributed by atoms with E-state index in [-0.39, 0.29) is 11.7 Å². The molecule has 1 aromatic carbocycles. The zero-order valence-corrected chi connectivity index (χ0v) is 18.9. The maximum absolute atomic E-state index is 12.6. The van der Waals surface area contributed by atoms with Crippen molar-refractivity contribution in [2.75, 3.05) is 18.2 Å². The predicted octanol–water partition coefficient (Wildman–Crippen LogP) is 3.26. The molecule has 10 heteroatoms. The molecule has 0 saturated carbocycles. The van der Waals surface area contributed by atoms with Crippen LogP contribution < -0.4 is 15.8 Å². The van der Waals surface area contributed by atoms with Gasteiger partial charge in [-0.2, -0.15) is 0 Å². The summed E-state index contributed by atoms with van der Waals surface area (Å²) in [4.78, 5) is 25.7. The Morgan fingerprint density at radius 3 is 2.87 bits per heavy atom. The largest absolute Gasteiger partial charge is 0.497 e. The van der Waals surface area contributed by atoms with Gasteiger partial charge in [0.25, 0.3) is 5.91 Å². The first-order chi connectivity index (χ1) is 15.0. The van der Waals surface area contributed by atoms with Gasteiger partial charge in [-0.3, -0.25) is 9.59 Å². The van der Waals surface area contributed by atoms with Crippen molar-refractivity contribution in [1.29, 1.82) is 0 Å². The number of amides is 2. The maximum atomic E-state index is 12.6. The van der Waals surface area contributed by atoms with E-state index < -0.39 is 5.91 Å². The fraction of sp³-hybridized carbons (Fsp3) is 0.333. The van der Waals surface area contributed by atoms with Crippen molar-refractivity contribution in [3.8, 4) is 17.1 Å². The van der Waals surface area contributed by atoms with Crippen molar-refractivity contribution < 1.29 is 14.3 Å². The summed E-state index contributed by atoms with van der Waals surface area (Å²) in [6.45, 7) is 0. The molecule has 1 aliphatic carbocycles. The second-order valence-corrected chi connectivity index (χ2v) is 9.26. The Bertz CT molecular complexity index is 1140. The van der Waals surface area contributed by atoms with Gasteiger partial charge in [-0.15, -0.1) is 21.5 Å². The van der Waals surface area contributed by atoms with Gasteiger partial charge in [0.15, 0.2) is 11.0 Å². The molecule has 162 valence electrons. The molecule has 31 heavy (non-hydrogen) atoms. The van der Waals surface area contributed by atoms with Crippen LogP contribution in [0.15, 0.2) is 29.4 Å². The van der Waals surface area contributed by atoms with Crippen molar-refractivity contribution in [3.05, 3.63) is 40.3 Å². The van der Waals surface area contributed by atoms with Crippen LogP contribution in [0.4, 0.5) is 5.00 Å². The predicted molar refractivity (Wildman–Crippen MR) is 122 cm³/mol. The summed E-state index contributed by atoms with van der Waals surface area (Å²) in [5.74, 6) is 0.863. The number of primary amides is 1. The van der Waals surface area contributed by atoms with E-state index >= 15 is 0 Å². The van der Waals surface area contributed by atoms with Crippen LogP contribution in [0.5, 0.6) is 5.75 Å². The topological polar surface area (TPSA) is 112 Å². The Kier molecular flexibility index (Phi) is 6.28. The minimum absolute atomic E-state index is 0.144. The number of methoxy groups -OCH3 is 1. The van der Waals surface area contributed by atoms with E-state index in [9.17, 15) is 9.59 Å². The lowest BCUT2D eigenvalue weighted by molar-refractivity contribution is -0.113. The number of ether oxygens (including phenoxy) is 1. The number of anilines is 1. The first-order valence-corrected chi connectivity index (χ1v) is 11.7. The van der Waals surface area contributed by atoms with Crippen LogP contribution in [0.25, 0.3) is 11.4 Å². The summed E-state index contributed by atoms with van der Waals surface area (Å²) in [6.07, 6.45) is 3.89. The number of carbonyl (C=O) groups excluding carboxylic acids is 2. The van der Waals surface area contributed by atoms with E-state index in [0.29, 0.717) is 21.5 Å². The Balaban J connectivity index is 1.45. The number of benzene rings is 1. The number of rotatable bonds is 7. The summed E-state index contributed by atoms with van der Waals surface area (Å²) < 4.78 is 7.11. The third-order valence-electron chi connectivity index (χ3n) is 5.17. The van der Waals surface area contributed by atoms with Crippen LogP contribution in [0.1, 0.15) is 33.6 Å². The highest BCUT2D eigenvalue weighted by molar-refractivity contribution is 7.99. The van der Waals surface area contributed by atoms with Crippen LogP contribution in [-0.4, -0.2) is 39.4 Å². The van der Waals surface area contributed by atoms with Gasteiger partial charge < -0.3 is 20.4 Å². The van der Waals surface area contributed by atoms with Crippen molar-refractivity contribution in [1.82, 2.24) is 14.8 Å². The number of hydrogen-bond acceptors (Lipinski definition) is 7. The van der Waals surface area contributed by atoms with E-state index in [1.54, 1.807) is 7.11 Å². The van der Waals surface area contributed by atoms with Gasteiger partial charge in [0.1, 0.15) is 10.8 Å². The maximum Gasteiger partial charge on any atom is 0.251 e. The smallest absolute Gasteiger partial charge is 0.251 e. The van der Waals surface area contributed by atoms with E-state index in [0.717, 1.165) is 47.4 Å². The fourth-order valence-corrected chi connectivity index (χ4v) is 5.68. The van der Waals surface area contributed by atoms with Crippen molar-refractivity contribution in [2.45, 2.75) is 30.8 Å².